The van der Waals surface area contributed by atoms with Crippen molar-refractivity contribution in [2.45, 2.75) is 62.7 Å². The highest BCUT2D eigenvalue weighted by atomic mass is 32.2. The summed E-state index contributed by atoms with van der Waals surface area (Å²) in [6.07, 6.45) is 7.62. The van der Waals surface area contributed by atoms with Crippen molar-refractivity contribution in [2.24, 2.45) is 0 Å². The van der Waals surface area contributed by atoms with Gasteiger partial charge in [0.15, 0.2) is 10.9 Å². The number of hydrogen-bond donors (Lipinski definition) is 1. The summed E-state index contributed by atoms with van der Waals surface area (Å²) in [5.41, 5.74) is 1.39. The lowest BCUT2D eigenvalue weighted by Gasteiger charge is -2.28. The Morgan fingerprint density at radius 3 is 2.76 bits per heavy atom. The zero-order chi connectivity index (χ0) is 22.8. The van der Waals surface area contributed by atoms with E-state index in [2.05, 4.69) is 20.1 Å². The molecule has 0 saturated heterocycles. The molecule has 1 aliphatic carbocycles. The maximum Gasteiger partial charge on any atom is 0.237 e. The number of para-hydroxylation sites is 2. The van der Waals surface area contributed by atoms with Crippen LogP contribution in [0.1, 0.15) is 51.5 Å². The van der Waals surface area contributed by atoms with E-state index in [1.54, 1.807) is 11.2 Å². The summed E-state index contributed by atoms with van der Waals surface area (Å²) in [7, 11) is 0. The quantitative estimate of drug-likeness (QED) is 0.539. The van der Waals surface area contributed by atoms with Crippen LogP contribution in [0.4, 0.5) is 11.4 Å². The first kappa shape index (κ1) is 21.8. The molecule has 0 spiro atoms. The molecule has 0 bridgehead atoms. The van der Waals surface area contributed by atoms with Gasteiger partial charge in [0.25, 0.3) is 0 Å². The van der Waals surface area contributed by atoms with Crippen molar-refractivity contribution in [3.8, 4) is 11.6 Å². The first-order chi connectivity index (χ1) is 16.1. The number of benzene rings is 1. The number of nitrogens with zero attached hydrogens (tertiary/aromatic N) is 4. The average Bonchev–Trinajstić information content (AvgIpc) is 3.47. The number of carbonyl (C=O) groups excluding carboxylic acids is 2. The van der Waals surface area contributed by atoms with E-state index >= 15 is 0 Å². The first-order valence-electron chi connectivity index (χ1n) is 11.4. The molecule has 2 aromatic heterocycles. The molecule has 1 N–H and O–H groups in total. The topological polar surface area (TPSA) is 93.3 Å². The Bertz CT molecular complexity index is 1140. The summed E-state index contributed by atoms with van der Waals surface area (Å²) >= 11 is 1.40. The number of amides is 2. The number of thioether (sulfide) groups is 1. The molecule has 33 heavy (non-hydrogen) atoms. The molecule has 5 rings (SSSR count). The molecule has 1 aromatic carbocycles. The van der Waals surface area contributed by atoms with E-state index in [9.17, 15) is 9.59 Å². The molecule has 8 nitrogen and oxygen atoms in total. The molecule has 9 heteroatoms. The lowest BCUT2D eigenvalue weighted by Crippen LogP contribution is -2.40. The van der Waals surface area contributed by atoms with Crippen LogP contribution in [0.2, 0.25) is 0 Å². The molecule has 1 fully saturated rings. The van der Waals surface area contributed by atoms with E-state index in [4.69, 9.17) is 4.42 Å². The van der Waals surface area contributed by atoms with Crippen molar-refractivity contribution >= 4 is 35.0 Å². The molecular weight excluding hydrogens is 438 g/mol. The molecule has 1 saturated carbocycles. The number of aromatic nitrogens is 3. The smallest absolute Gasteiger partial charge is 0.237 e. The summed E-state index contributed by atoms with van der Waals surface area (Å²) < 4.78 is 7.77. The van der Waals surface area contributed by atoms with Gasteiger partial charge in [-0.2, -0.15) is 0 Å². The van der Waals surface area contributed by atoms with Gasteiger partial charge in [0.05, 0.1) is 23.4 Å². The van der Waals surface area contributed by atoms with E-state index in [1.807, 2.05) is 43.3 Å². The average molecular weight is 466 g/mol. The summed E-state index contributed by atoms with van der Waals surface area (Å²) in [6, 6.07) is 11.2. The van der Waals surface area contributed by atoms with E-state index in [0.717, 1.165) is 23.7 Å². The summed E-state index contributed by atoms with van der Waals surface area (Å²) in [6.45, 7) is 1.91. The van der Waals surface area contributed by atoms with E-state index in [0.29, 0.717) is 23.3 Å². The zero-order valence-corrected chi connectivity index (χ0v) is 19.4. The molecule has 0 radical (unpaired) electrons. The second kappa shape index (κ2) is 9.43. The van der Waals surface area contributed by atoms with Gasteiger partial charge >= 0.3 is 0 Å². The van der Waals surface area contributed by atoms with Gasteiger partial charge in [0.2, 0.25) is 17.6 Å². The highest BCUT2D eigenvalue weighted by Crippen LogP contribution is 2.37. The van der Waals surface area contributed by atoms with Gasteiger partial charge in [0.1, 0.15) is 0 Å². The Balaban J connectivity index is 1.40. The monoisotopic (exact) mass is 465 g/mol. The van der Waals surface area contributed by atoms with Crippen molar-refractivity contribution in [1.29, 1.82) is 0 Å². The SMILES string of the molecule is CC1CC(=O)Nc2ccccc2N1C(=O)CSc1nnc(-c2ccco2)n1C1CCCCC1. The van der Waals surface area contributed by atoms with Crippen molar-refractivity contribution in [2.75, 3.05) is 16.0 Å². The Morgan fingerprint density at radius 1 is 1.15 bits per heavy atom. The number of carbonyl (C=O) groups is 2. The third-order valence-corrected chi connectivity index (χ3v) is 7.23. The summed E-state index contributed by atoms with van der Waals surface area (Å²) in [5, 5.41) is 12.5. The molecule has 2 aliphatic rings. The van der Waals surface area contributed by atoms with Crippen LogP contribution in [0.5, 0.6) is 0 Å². The van der Waals surface area contributed by atoms with Crippen LogP contribution in [0.25, 0.3) is 11.6 Å². The van der Waals surface area contributed by atoms with Gasteiger partial charge in [-0.25, -0.2) is 0 Å². The molecule has 3 aromatic rings. The molecular formula is C24H27N5O3S. The van der Waals surface area contributed by atoms with Crippen molar-refractivity contribution in [3.05, 3.63) is 42.7 Å². The van der Waals surface area contributed by atoms with Gasteiger partial charge in [-0.05, 0) is 44.0 Å². The third-order valence-electron chi connectivity index (χ3n) is 6.30. The molecule has 172 valence electrons. The lowest BCUT2D eigenvalue weighted by atomic mass is 9.95. The predicted octanol–water partition coefficient (Wildman–Crippen LogP) is 4.90. The second-order valence-electron chi connectivity index (χ2n) is 8.62. The Morgan fingerprint density at radius 2 is 1.97 bits per heavy atom. The minimum atomic E-state index is -0.239. The predicted molar refractivity (Wildman–Crippen MR) is 127 cm³/mol. The van der Waals surface area contributed by atoms with Crippen LogP contribution in [0.15, 0.2) is 52.2 Å². The zero-order valence-electron chi connectivity index (χ0n) is 18.6. The molecule has 1 atom stereocenters. The van der Waals surface area contributed by atoms with Gasteiger partial charge in [-0.3, -0.25) is 14.2 Å². The van der Waals surface area contributed by atoms with Crippen LogP contribution in [-0.4, -0.2) is 38.4 Å². The fourth-order valence-corrected chi connectivity index (χ4v) is 5.65. The fraction of sp³-hybridized carbons (Fsp3) is 0.417. The summed E-state index contributed by atoms with van der Waals surface area (Å²) in [4.78, 5) is 27.4. The maximum absolute atomic E-state index is 13.4. The lowest BCUT2D eigenvalue weighted by molar-refractivity contribution is -0.117. The van der Waals surface area contributed by atoms with Gasteiger partial charge in [-0.1, -0.05) is 43.2 Å². The van der Waals surface area contributed by atoms with Gasteiger partial charge in [-0.15, -0.1) is 10.2 Å². The summed E-state index contributed by atoms with van der Waals surface area (Å²) in [5.74, 6) is 1.46. The maximum atomic E-state index is 13.4. The fourth-order valence-electron chi connectivity index (χ4n) is 4.78. The van der Waals surface area contributed by atoms with Crippen LogP contribution >= 0.6 is 11.8 Å². The number of nitrogens with one attached hydrogen (secondary N) is 1. The first-order valence-corrected chi connectivity index (χ1v) is 12.4. The van der Waals surface area contributed by atoms with Crippen LogP contribution in [0, 0.1) is 0 Å². The van der Waals surface area contributed by atoms with E-state index in [1.165, 1.54) is 31.0 Å². The highest BCUT2D eigenvalue weighted by Gasteiger charge is 2.31. The minimum absolute atomic E-state index is 0.0609. The number of rotatable bonds is 5. The molecule has 3 heterocycles. The Kier molecular flexibility index (Phi) is 6.22. The van der Waals surface area contributed by atoms with Crippen LogP contribution in [0.3, 0.4) is 0 Å². The highest BCUT2D eigenvalue weighted by molar-refractivity contribution is 7.99. The van der Waals surface area contributed by atoms with Crippen molar-refractivity contribution < 1.29 is 14.0 Å². The second-order valence-corrected chi connectivity index (χ2v) is 9.56. The number of anilines is 2. The molecule has 1 aliphatic heterocycles. The van der Waals surface area contributed by atoms with E-state index in [-0.39, 0.29) is 30.0 Å². The number of furan rings is 1. The standard InChI is InChI=1S/C24H27N5O3S/c1-16-14-21(30)25-18-10-5-6-11-19(18)28(16)22(31)15-33-24-27-26-23(20-12-7-13-32-20)29(24)17-8-3-2-4-9-17/h5-7,10-13,16-17H,2-4,8-9,14-15H2,1H3,(H,25,30). The molecule has 2 amide bonds. The van der Waals surface area contributed by atoms with Gasteiger partial charge in [0, 0.05) is 18.5 Å². The largest absolute Gasteiger partial charge is 0.461 e. The van der Waals surface area contributed by atoms with Crippen molar-refractivity contribution in [3.63, 3.8) is 0 Å². The van der Waals surface area contributed by atoms with Crippen LogP contribution in [-0.2, 0) is 9.59 Å². The van der Waals surface area contributed by atoms with E-state index < -0.39 is 0 Å². The van der Waals surface area contributed by atoms with Gasteiger partial charge < -0.3 is 14.6 Å². The number of hydrogen-bond acceptors (Lipinski definition) is 6. The third kappa shape index (κ3) is 4.42. The normalized spacial score (nSPS) is 19.1. The minimum Gasteiger partial charge on any atom is -0.461 e. The Hall–Kier alpha value is -3.07. The Labute approximate surface area is 196 Å². The van der Waals surface area contributed by atoms with Crippen LogP contribution < -0.4 is 10.2 Å². The molecule has 1 unspecified atom stereocenters. The number of fused-ring (bicyclic) bond motifs is 1. The van der Waals surface area contributed by atoms with Crippen molar-refractivity contribution in [1.82, 2.24) is 14.8 Å².